The summed E-state index contributed by atoms with van der Waals surface area (Å²) in [6.45, 7) is 1.62. The highest BCUT2D eigenvalue weighted by molar-refractivity contribution is 7.19. The van der Waals surface area contributed by atoms with Gasteiger partial charge in [-0.3, -0.25) is 0 Å². The first-order valence-electron chi connectivity index (χ1n) is 10.6. The summed E-state index contributed by atoms with van der Waals surface area (Å²) in [5.74, 6) is 0. The van der Waals surface area contributed by atoms with Crippen LogP contribution < -0.4 is 0 Å². The van der Waals surface area contributed by atoms with Gasteiger partial charge < -0.3 is 9.80 Å². The van der Waals surface area contributed by atoms with Crippen molar-refractivity contribution in [2.24, 2.45) is 0 Å². The molecule has 4 aromatic rings. The first kappa shape index (κ1) is 18.3. The second kappa shape index (κ2) is 7.32. The minimum Gasteiger partial charge on any atom is -0.315 e. The highest BCUT2D eigenvalue weighted by atomic mass is 32.1. The number of para-hydroxylation sites is 2. The SMILES string of the molecule is O=C(N1CCC[C@@H]1c1nc2ccccc2s1)N1CCC[C@H]1c1nc2ccccc2s1. The van der Waals surface area contributed by atoms with E-state index >= 15 is 0 Å². The average molecular weight is 435 g/mol. The highest BCUT2D eigenvalue weighted by Gasteiger charge is 2.39. The van der Waals surface area contributed by atoms with E-state index in [9.17, 15) is 4.79 Å². The van der Waals surface area contributed by atoms with Crippen LogP contribution in [0.2, 0.25) is 0 Å². The average Bonchev–Trinajstić information content (AvgIpc) is 3.56. The number of nitrogens with zero attached hydrogens (tertiary/aromatic N) is 4. The van der Waals surface area contributed by atoms with Crippen LogP contribution in [0.4, 0.5) is 4.79 Å². The lowest BCUT2D eigenvalue weighted by molar-refractivity contribution is 0.143. The number of thiazole rings is 2. The molecular formula is C23H22N4OS2. The fraction of sp³-hybridized carbons (Fsp3) is 0.348. The monoisotopic (exact) mass is 434 g/mol. The van der Waals surface area contributed by atoms with Gasteiger partial charge in [0.25, 0.3) is 0 Å². The zero-order valence-corrected chi connectivity index (χ0v) is 18.2. The van der Waals surface area contributed by atoms with Gasteiger partial charge in [0.1, 0.15) is 10.0 Å². The summed E-state index contributed by atoms with van der Waals surface area (Å²) < 4.78 is 2.39. The van der Waals surface area contributed by atoms with E-state index < -0.39 is 0 Å². The number of fused-ring (bicyclic) bond motifs is 2. The molecule has 0 N–H and O–H groups in total. The third kappa shape index (κ3) is 2.99. The maximum Gasteiger partial charge on any atom is 0.321 e. The Balaban J connectivity index is 1.29. The summed E-state index contributed by atoms with van der Waals surface area (Å²) >= 11 is 3.45. The van der Waals surface area contributed by atoms with Gasteiger partial charge in [-0.15, -0.1) is 22.7 Å². The zero-order valence-electron chi connectivity index (χ0n) is 16.5. The normalized spacial score (nSPS) is 21.9. The Morgan fingerprint density at radius 2 is 1.23 bits per heavy atom. The highest BCUT2D eigenvalue weighted by Crippen LogP contribution is 2.41. The van der Waals surface area contributed by atoms with Gasteiger partial charge in [-0.25, -0.2) is 14.8 Å². The molecule has 30 heavy (non-hydrogen) atoms. The van der Waals surface area contributed by atoms with Crippen molar-refractivity contribution in [2.45, 2.75) is 37.8 Å². The summed E-state index contributed by atoms with van der Waals surface area (Å²) in [5.41, 5.74) is 2.07. The van der Waals surface area contributed by atoms with Crippen molar-refractivity contribution in [2.75, 3.05) is 13.1 Å². The van der Waals surface area contributed by atoms with Crippen molar-refractivity contribution in [3.63, 3.8) is 0 Å². The van der Waals surface area contributed by atoms with Crippen LogP contribution in [-0.4, -0.2) is 38.9 Å². The van der Waals surface area contributed by atoms with Crippen LogP contribution in [0.15, 0.2) is 48.5 Å². The quantitative estimate of drug-likeness (QED) is 0.389. The van der Waals surface area contributed by atoms with E-state index in [1.54, 1.807) is 22.7 Å². The Hall–Kier alpha value is -2.51. The Bertz CT molecular complexity index is 1070. The number of hydrogen-bond acceptors (Lipinski definition) is 5. The molecule has 0 aliphatic carbocycles. The Morgan fingerprint density at radius 3 is 1.70 bits per heavy atom. The third-order valence-electron chi connectivity index (χ3n) is 6.19. The summed E-state index contributed by atoms with van der Waals surface area (Å²) in [5, 5.41) is 2.13. The number of amides is 2. The molecule has 2 saturated heterocycles. The molecule has 0 unspecified atom stereocenters. The molecule has 0 radical (unpaired) electrons. The first-order chi connectivity index (χ1) is 14.8. The predicted octanol–water partition coefficient (Wildman–Crippen LogP) is 6.00. The fourth-order valence-electron chi connectivity index (χ4n) is 4.73. The van der Waals surface area contributed by atoms with Crippen molar-refractivity contribution in [1.82, 2.24) is 19.8 Å². The summed E-state index contributed by atoms with van der Waals surface area (Å²) in [6, 6.07) is 16.8. The van der Waals surface area contributed by atoms with Crippen LogP contribution in [0, 0.1) is 0 Å². The summed E-state index contributed by atoms with van der Waals surface area (Å²) in [7, 11) is 0. The van der Waals surface area contributed by atoms with E-state index in [2.05, 4.69) is 46.2 Å². The molecule has 6 rings (SSSR count). The van der Waals surface area contributed by atoms with Gasteiger partial charge >= 0.3 is 6.03 Å². The van der Waals surface area contributed by atoms with Crippen LogP contribution in [0.5, 0.6) is 0 Å². The van der Waals surface area contributed by atoms with Gasteiger partial charge in [0.2, 0.25) is 0 Å². The Kier molecular flexibility index (Phi) is 4.46. The minimum absolute atomic E-state index is 0.0894. The predicted molar refractivity (Wildman–Crippen MR) is 122 cm³/mol. The zero-order chi connectivity index (χ0) is 20.1. The van der Waals surface area contributed by atoms with Crippen LogP contribution in [0.1, 0.15) is 47.8 Å². The van der Waals surface area contributed by atoms with Crippen molar-refractivity contribution >= 4 is 49.1 Å². The number of likely N-dealkylation sites (tertiary alicyclic amines) is 2. The molecule has 2 amide bonds. The lowest BCUT2D eigenvalue weighted by Crippen LogP contribution is -2.42. The molecule has 5 nitrogen and oxygen atoms in total. The third-order valence-corrected chi connectivity index (χ3v) is 8.46. The number of urea groups is 1. The summed E-state index contributed by atoms with van der Waals surface area (Å²) in [4.78, 5) is 27.5. The lowest BCUT2D eigenvalue weighted by Gasteiger charge is -2.31. The van der Waals surface area contributed by atoms with Crippen molar-refractivity contribution in [1.29, 1.82) is 0 Å². The van der Waals surface area contributed by atoms with Gasteiger partial charge in [0, 0.05) is 13.1 Å². The molecule has 152 valence electrons. The largest absolute Gasteiger partial charge is 0.321 e. The van der Waals surface area contributed by atoms with Crippen LogP contribution in [-0.2, 0) is 0 Å². The van der Waals surface area contributed by atoms with E-state index in [1.807, 2.05) is 12.1 Å². The Labute approximate surface area is 183 Å². The fourth-order valence-corrected chi connectivity index (χ4v) is 6.97. The standard InChI is InChI=1S/C23H22N4OS2/c28-23(26-13-5-9-17(26)21-24-15-7-1-3-11-19(15)29-21)27-14-6-10-18(27)22-25-16-8-2-4-12-20(16)30-22/h1-4,7-8,11-12,17-18H,5-6,9-10,13-14H2/t17-,18+. The second-order valence-corrected chi connectivity index (χ2v) is 10.1. The van der Waals surface area contributed by atoms with E-state index in [1.165, 1.54) is 9.40 Å². The molecule has 2 atom stereocenters. The molecule has 0 bridgehead atoms. The van der Waals surface area contributed by atoms with Crippen LogP contribution in [0.3, 0.4) is 0 Å². The maximum absolute atomic E-state index is 13.7. The second-order valence-electron chi connectivity index (χ2n) is 8.03. The van der Waals surface area contributed by atoms with Gasteiger partial charge in [0.05, 0.1) is 32.5 Å². The smallest absolute Gasteiger partial charge is 0.315 e. The molecule has 2 fully saturated rings. The van der Waals surface area contributed by atoms with E-state index in [0.29, 0.717) is 0 Å². The number of benzene rings is 2. The molecule has 7 heteroatoms. The lowest BCUT2D eigenvalue weighted by atomic mass is 10.2. The number of hydrogen-bond donors (Lipinski definition) is 0. The number of carbonyl (C=O) groups is 1. The molecule has 0 spiro atoms. The van der Waals surface area contributed by atoms with E-state index in [4.69, 9.17) is 9.97 Å². The number of rotatable bonds is 2. The molecular weight excluding hydrogens is 412 g/mol. The topological polar surface area (TPSA) is 49.3 Å². The van der Waals surface area contributed by atoms with Crippen molar-refractivity contribution in [3.8, 4) is 0 Å². The Morgan fingerprint density at radius 1 is 0.767 bits per heavy atom. The van der Waals surface area contributed by atoms with Crippen LogP contribution >= 0.6 is 22.7 Å². The minimum atomic E-state index is 0.0894. The van der Waals surface area contributed by atoms with Gasteiger partial charge in [0.15, 0.2) is 0 Å². The van der Waals surface area contributed by atoms with E-state index in [0.717, 1.165) is 59.8 Å². The maximum atomic E-state index is 13.7. The summed E-state index contributed by atoms with van der Waals surface area (Å²) in [6.07, 6.45) is 4.05. The van der Waals surface area contributed by atoms with Gasteiger partial charge in [-0.2, -0.15) is 0 Å². The molecule has 2 aliphatic heterocycles. The first-order valence-corrected chi connectivity index (χ1v) is 12.2. The molecule has 2 aliphatic rings. The van der Waals surface area contributed by atoms with E-state index in [-0.39, 0.29) is 18.1 Å². The molecule has 4 heterocycles. The molecule has 0 saturated carbocycles. The number of carbonyl (C=O) groups excluding carboxylic acids is 1. The van der Waals surface area contributed by atoms with Crippen LogP contribution in [0.25, 0.3) is 20.4 Å². The van der Waals surface area contributed by atoms with Gasteiger partial charge in [-0.05, 0) is 49.9 Å². The van der Waals surface area contributed by atoms with Crippen molar-refractivity contribution in [3.05, 3.63) is 58.5 Å². The van der Waals surface area contributed by atoms with Crippen molar-refractivity contribution < 1.29 is 4.79 Å². The number of aromatic nitrogens is 2. The molecule has 2 aromatic heterocycles. The van der Waals surface area contributed by atoms with Gasteiger partial charge in [-0.1, -0.05) is 24.3 Å². The molecule has 2 aromatic carbocycles.